The zero-order valence-electron chi connectivity index (χ0n) is 11.1. The average Bonchev–Trinajstić information content (AvgIpc) is 2.88. The van der Waals surface area contributed by atoms with Gasteiger partial charge in [-0.2, -0.15) is 0 Å². The summed E-state index contributed by atoms with van der Waals surface area (Å²) < 4.78 is 5.07. The number of hydrogen-bond donors (Lipinski definition) is 2. The molecule has 0 fully saturated rings. The molecule has 0 saturated heterocycles. The maximum Gasteiger partial charge on any atom is 0.265 e. The van der Waals surface area contributed by atoms with E-state index in [9.17, 15) is 4.79 Å². The molecular formula is C14H16N2O2S. The number of carbonyl (C=O) groups is 1. The largest absolute Gasteiger partial charge is 0.496 e. The maximum atomic E-state index is 12.2. The van der Waals surface area contributed by atoms with Gasteiger partial charge < -0.3 is 15.8 Å². The molecular weight excluding hydrogens is 260 g/mol. The van der Waals surface area contributed by atoms with E-state index in [-0.39, 0.29) is 5.91 Å². The Balaban J connectivity index is 2.26. The van der Waals surface area contributed by atoms with Crippen molar-refractivity contribution in [2.24, 2.45) is 0 Å². The van der Waals surface area contributed by atoms with Crippen molar-refractivity contribution in [2.75, 3.05) is 18.2 Å². The summed E-state index contributed by atoms with van der Waals surface area (Å²) in [5.74, 6) is 0.543. The SMILES string of the molecule is COc1csc(C(=O)Nc2c(C)ccc(N)c2C)c1. The van der Waals surface area contributed by atoms with Crippen molar-refractivity contribution in [1.29, 1.82) is 0 Å². The van der Waals surface area contributed by atoms with E-state index >= 15 is 0 Å². The van der Waals surface area contributed by atoms with Crippen LogP contribution in [0.2, 0.25) is 0 Å². The van der Waals surface area contributed by atoms with Crippen LogP contribution in [-0.4, -0.2) is 13.0 Å². The first-order valence-corrected chi connectivity index (χ1v) is 6.70. The fourth-order valence-electron chi connectivity index (χ4n) is 1.78. The summed E-state index contributed by atoms with van der Waals surface area (Å²) in [6, 6.07) is 5.46. The first kappa shape index (κ1) is 13.4. The zero-order valence-corrected chi connectivity index (χ0v) is 11.9. The molecule has 3 N–H and O–H groups in total. The van der Waals surface area contributed by atoms with Crippen LogP contribution >= 0.6 is 11.3 Å². The molecule has 100 valence electrons. The Morgan fingerprint density at radius 1 is 1.37 bits per heavy atom. The molecule has 1 aromatic heterocycles. The lowest BCUT2D eigenvalue weighted by Crippen LogP contribution is -2.13. The number of amides is 1. The normalized spacial score (nSPS) is 10.3. The first-order chi connectivity index (χ1) is 9.02. The molecule has 2 aromatic rings. The summed E-state index contributed by atoms with van der Waals surface area (Å²) in [7, 11) is 1.58. The van der Waals surface area contributed by atoms with Gasteiger partial charge in [0.05, 0.1) is 12.0 Å². The molecule has 0 unspecified atom stereocenters. The molecule has 0 saturated carbocycles. The van der Waals surface area contributed by atoms with Gasteiger partial charge in [0.15, 0.2) is 0 Å². The van der Waals surface area contributed by atoms with E-state index in [0.29, 0.717) is 16.3 Å². The minimum absolute atomic E-state index is 0.148. The lowest BCUT2D eigenvalue weighted by molar-refractivity contribution is 0.103. The third-order valence-electron chi connectivity index (χ3n) is 2.99. The highest BCUT2D eigenvalue weighted by Crippen LogP contribution is 2.27. The number of nitrogens with one attached hydrogen (secondary N) is 1. The van der Waals surface area contributed by atoms with Crippen molar-refractivity contribution in [3.63, 3.8) is 0 Å². The molecule has 0 atom stereocenters. The van der Waals surface area contributed by atoms with E-state index < -0.39 is 0 Å². The quantitative estimate of drug-likeness (QED) is 0.846. The Morgan fingerprint density at radius 2 is 2.11 bits per heavy atom. The molecule has 4 nitrogen and oxygen atoms in total. The highest BCUT2D eigenvalue weighted by molar-refractivity contribution is 7.12. The molecule has 1 amide bonds. The van der Waals surface area contributed by atoms with Gasteiger partial charge in [-0.1, -0.05) is 6.07 Å². The third kappa shape index (κ3) is 2.71. The van der Waals surface area contributed by atoms with Crippen LogP contribution in [-0.2, 0) is 0 Å². The molecule has 5 heteroatoms. The van der Waals surface area contributed by atoms with E-state index in [4.69, 9.17) is 10.5 Å². The number of benzene rings is 1. The van der Waals surface area contributed by atoms with Gasteiger partial charge in [-0.05, 0) is 31.0 Å². The van der Waals surface area contributed by atoms with E-state index in [2.05, 4.69) is 5.32 Å². The Kier molecular flexibility index (Phi) is 3.76. The number of anilines is 2. The molecule has 2 rings (SSSR count). The summed E-state index contributed by atoms with van der Waals surface area (Å²) in [5, 5.41) is 4.71. The molecule has 0 bridgehead atoms. The predicted molar refractivity (Wildman–Crippen MR) is 79.2 cm³/mol. The first-order valence-electron chi connectivity index (χ1n) is 5.82. The second-order valence-corrected chi connectivity index (χ2v) is 5.19. The lowest BCUT2D eigenvalue weighted by Gasteiger charge is -2.12. The smallest absolute Gasteiger partial charge is 0.265 e. The molecule has 0 radical (unpaired) electrons. The minimum atomic E-state index is -0.148. The number of thiophene rings is 1. The van der Waals surface area contributed by atoms with E-state index in [1.807, 2.05) is 26.0 Å². The maximum absolute atomic E-state index is 12.2. The number of aryl methyl sites for hydroxylation is 1. The topological polar surface area (TPSA) is 64.3 Å². The summed E-state index contributed by atoms with van der Waals surface area (Å²) in [4.78, 5) is 12.8. The number of rotatable bonds is 3. The van der Waals surface area contributed by atoms with Crippen molar-refractivity contribution >= 4 is 28.6 Å². The van der Waals surface area contributed by atoms with E-state index in [1.54, 1.807) is 18.6 Å². The van der Waals surface area contributed by atoms with Crippen LogP contribution in [0.15, 0.2) is 23.6 Å². The predicted octanol–water partition coefficient (Wildman–Crippen LogP) is 3.21. The Bertz CT molecular complexity index is 620. The fraction of sp³-hybridized carbons (Fsp3) is 0.214. The van der Waals surface area contributed by atoms with Crippen molar-refractivity contribution < 1.29 is 9.53 Å². The van der Waals surface area contributed by atoms with Crippen LogP contribution in [0.4, 0.5) is 11.4 Å². The minimum Gasteiger partial charge on any atom is -0.496 e. The summed E-state index contributed by atoms with van der Waals surface area (Å²) >= 11 is 1.35. The van der Waals surface area contributed by atoms with Gasteiger partial charge in [-0.25, -0.2) is 0 Å². The van der Waals surface area contributed by atoms with E-state index in [1.165, 1.54) is 11.3 Å². The van der Waals surface area contributed by atoms with Crippen LogP contribution in [0.25, 0.3) is 0 Å². The van der Waals surface area contributed by atoms with Crippen LogP contribution in [0.1, 0.15) is 20.8 Å². The molecule has 1 aromatic carbocycles. The number of nitrogen functional groups attached to an aromatic ring is 1. The second kappa shape index (κ2) is 5.32. The van der Waals surface area contributed by atoms with Gasteiger partial charge in [0, 0.05) is 22.8 Å². The summed E-state index contributed by atoms with van der Waals surface area (Å²) in [6.45, 7) is 3.84. The number of methoxy groups -OCH3 is 1. The van der Waals surface area contributed by atoms with Gasteiger partial charge in [-0.3, -0.25) is 4.79 Å². The number of carbonyl (C=O) groups excluding carboxylic acids is 1. The summed E-state index contributed by atoms with van der Waals surface area (Å²) in [5.41, 5.74) is 9.18. The highest BCUT2D eigenvalue weighted by Gasteiger charge is 2.13. The molecule has 0 spiro atoms. The fourth-order valence-corrected chi connectivity index (χ4v) is 2.53. The number of hydrogen-bond acceptors (Lipinski definition) is 4. The van der Waals surface area contributed by atoms with Gasteiger partial charge in [0.2, 0.25) is 0 Å². The van der Waals surface area contributed by atoms with Crippen LogP contribution in [0, 0.1) is 13.8 Å². The van der Waals surface area contributed by atoms with Gasteiger partial charge in [0.25, 0.3) is 5.91 Å². The van der Waals surface area contributed by atoms with Crippen LogP contribution in [0.3, 0.4) is 0 Å². The Morgan fingerprint density at radius 3 is 2.74 bits per heavy atom. The monoisotopic (exact) mass is 276 g/mol. The van der Waals surface area contributed by atoms with Crippen molar-refractivity contribution in [3.8, 4) is 5.75 Å². The van der Waals surface area contributed by atoms with Crippen molar-refractivity contribution in [1.82, 2.24) is 0 Å². The number of nitrogens with two attached hydrogens (primary N) is 1. The van der Waals surface area contributed by atoms with Crippen LogP contribution in [0.5, 0.6) is 5.75 Å². The van der Waals surface area contributed by atoms with Gasteiger partial charge in [0.1, 0.15) is 5.75 Å². The Labute approximate surface area is 116 Å². The third-order valence-corrected chi connectivity index (χ3v) is 3.90. The van der Waals surface area contributed by atoms with Crippen molar-refractivity contribution in [3.05, 3.63) is 39.6 Å². The Hall–Kier alpha value is -2.01. The second-order valence-electron chi connectivity index (χ2n) is 4.28. The molecule has 1 heterocycles. The zero-order chi connectivity index (χ0) is 14.0. The molecule has 19 heavy (non-hydrogen) atoms. The van der Waals surface area contributed by atoms with Crippen molar-refractivity contribution in [2.45, 2.75) is 13.8 Å². The highest BCUT2D eigenvalue weighted by atomic mass is 32.1. The van der Waals surface area contributed by atoms with Gasteiger partial charge >= 0.3 is 0 Å². The molecule has 0 aliphatic rings. The van der Waals surface area contributed by atoms with Crippen LogP contribution < -0.4 is 15.8 Å². The standard InChI is InChI=1S/C14H16N2O2S/c1-8-4-5-11(15)9(2)13(8)16-14(17)12-6-10(18-3)7-19-12/h4-7H,15H2,1-3H3,(H,16,17). The van der Waals surface area contributed by atoms with E-state index in [0.717, 1.165) is 16.8 Å². The number of ether oxygens (including phenoxy) is 1. The molecule has 0 aliphatic carbocycles. The lowest BCUT2D eigenvalue weighted by atomic mass is 10.1. The van der Waals surface area contributed by atoms with Gasteiger partial charge in [-0.15, -0.1) is 11.3 Å². The molecule has 0 aliphatic heterocycles. The summed E-state index contributed by atoms with van der Waals surface area (Å²) in [6.07, 6.45) is 0. The average molecular weight is 276 g/mol.